The van der Waals surface area contributed by atoms with Gasteiger partial charge in [0, 0.05) is 38.1 Å². The number of carbonyl (C=O) groups excluding carboxylic acids is 2. The first-order valence-corrected chi connectivity index (χ1v) is 14.3. The van der Waals surface area contributed by atoms with Gasteiger partial charge in [-0.05, 0) is 42.5 Å². The molecular formula is C33H38N4O4. The number of nitrogens with one attached hydrogen (secondary N) is 1. The van der Waals surface area contributed by atoms with Crippen LogP contribution in [-0.4, -0.2) is 72.6 Å². The van der Waals surface area contributed by atoms with E-state index in [4.69, 9.17) is 9.15 Å². The van der Waals surface area contributed by atoms with Crippen molar-refractivity contribution in [3.8, 4) is 0 Å². The van der Waals surface area contributed by atoms with Crippen LogP contribution in [0.1, 0.15) is 23.5 Å². The van der Waals surface area contributed by atoms with Crippen LogP contribution in [0.2, 0.25) is 0 Å². The summed E-state index contributed by atoms with van der Waals surface area (Å²) in [6, 6.07) is 27.2. The predicted octanol–water partition coefficient (Wildman–Crippen LogP) is 5.53. The molecule has 1 N–H and O–H groups in total. The Morgan fingerprint density at radius 2 is 1.61 bits per heavy atom. The number of anilines is 1. The molecule has 8 heteroatoms. The summed E-state index contributed by atoms with van der Waals surface area (Å²) in [7, 11) is 0. The quantitative estimate of drug-likeness (QED) is 0.264. The molecule has 1 aliphatic heterocycles. The van der Waals surface area contributed by atoms with Crippen molar-refractivity contribution in [2.75, 3.05) is 51.3 Å². The van der Waals surface area contributed by atoms with Gasteiger partial charge in [0.25, 0.3) is 0 Å². The maximum Gasteiger partial charge on any atom is 0.322 e. The zero-order valence-corrected chi connectivity index (χ0v) is 23.6. The molecule has 0 atom stereocenters. The molecule has 0 radical (unpaired) electrons. The van der Waals surface area contributed by atoms with E-state index >= 15 is 0 Å². The summed E-state index contributed by atoms with van der Waals surface area (Å²) in [6.45, 7) is 7.12. The first kappa shape index (κ1) is 28.4. The van der Waals surface area contributed by atoms with Crippen LogP contribution < -0.4 is 5.32 Å². The van der Waals surface area contributed by atoms with Gasteiger partial charge in [-0.25, -0.2) is 4.79 Å². The Bertz CT molecular complexity index is 1430. The predicted molar refractivity (Wildman–Crippen MR) is 161 cm³/mol. The van der Waals surface area contributed by atoms with E-state index in [1.165, 1.54) is 0 Å². The number of benzene rings is 3. The largest absolute Gasteiger partial charge is 0.464 e. The molecule has 1 fully saturated rings. The number of fused-ring (bicyclic) bond motifs is 1. The number of carbonyl (C=O) groups is 2. The Balaban J connectivity index is 1.33. The highest BCUT2D eigenvalue weighted by atomic mass is 16.5. The number of urea groups is 1. The van der Waals surface area contributed by atoms with Crippen molar-refractivity contribution in [2.24, 2.45) is 0 Å². The average molecular weight is 555 g/mol. The molecule has 5 rings (SSSR count). The second-order valence-electron chi connectivity index (χ2n) is 10.4. The van der Waals surface area contributed by atoms with E-state index in [-0.39, 0.29) is 18.5 Å². The van der Waals surface area contributed by atoms with Gasteiger partial charge in [0.2, 0.25) is 5.91 Å². The lowest BCUT2D eigenvalue weighted by atomic mass is 10.1. The van der Waals surface area contributed by atoms with Gasteiger partial charge in [-0.15, -0.1) is 0 Å². The van der Waals surface area contributed by atoms with Crippen LogP contribution >= 0.6 is 0 Å². The molecule has 8 nitrogen and oxygen atoms in total. The lowest BCUT2D eigenvalue weighted by molar-refractivity contribution is -0.133. The van der Waals surface area contributed by atoms with Crippen LogP contribution in [0, 0.1) is 6.92 Å². The summed E-state index contributed by atoms with van der Waals surface area (Å²) in [6.07, 6.45) is 0.756. The summed E-state index contributed by atoms with van der Waals surface area (Å²) in [4.78, 5) is 33.3. The minimum absolute atomic E-state index is 0.0355. The Kier molecular flexibility index (Phi) is 9.67. The minimum atomic E-state index is -0.287. The lowest BCUT2D eigenvalue weighted by Gasteiger charge is -2.30. The third kappa shape index (κ3) is 7.96. The first-order chi connectivity index (χ1) is 20.0. The van der Waals surface area contributed by atoms with E-state index in [1.807, 2.05) is 91.9 Å². The number of aryl methyl sites for hydroxylation is 1. The molecule has 0 saturated carbocycles. The van der Waals surface area contributed by atoms with Gasteiger partial charge in [0.1, 0.15) is 18.1 Å². The third-order valence-corrected chi connectivity index (χ3v) is 7.36. The summed E-state index contributed by atoms with van der Waals surface area (Å²) in [5.74, 6) is 1.37. The van der Waals surface area contributed by atoms with Crippen LogP contribution in [0.3, 0.4) is 0 Å². The van der Waals surface area contributed by atoms with E-state index in [0.717, 1.165) is 67.1 Å². The lowest BCUT2D eigenvalue weighted by Crippen LogP contribution is -2.45. The second kappa shape index (κ2) is 14.0. The molecule has 41 heavy (non-hydrogen) atoms. The van der Waals surface area contributed by atoms with Crippen molar-refractivity contribution in [1.82, 2.24) is 14.7 Å². The molecule has 3 aromatic carbocycles. The monoisotopic (exact) mass is 554 g/mol. The molecule has 0 aliphatic carbocycles. The number of hydrogen-bond acceptors (Lipinski definition) is 5. The van der Waals surface area contributed by atoms with E-state index in [2.05, 4.69) is 10.2 Å². The number of morpholine rings is 1. The van der Waals surface area contributed by atoms with Crippen LogP contribution in [-0.2, 0) is 22.6 Å². The van der Waals surface area contributed by atoms with Crippen LogP contribution in [0.15, 0.2) is 89.3 Å². The van der Waals surface area contributed by atoms with Crippen molar-refractivity contribution >= 4 is 28.4 Å². The summed E-state index contributed by atoms with van der Waals surface area (Å²) in [5, 5.41) is 5.09. The molecule has 1 saturated heterocycles. The Labute approximate surface area is 241 Å². The van der Waals surface area contributed by atoms with Crippen molar-refractivity contribution in [1.29, 1.82) is 0 Å². The standard InChI is InChI=1S/C33H38N4O4/c1-26-15-16-29(41-26)24-37(23-27-9-3-2-4-10-27)32(38)25-36(18-8-17-35-19-21-40-22-20-35)33(39)34-31-14-7-12-28-11-5-6-13-30(28)31/h2-7,9-16H,8,17-25H2,1H3,(H,34,39). The topological polar surface area (TPSA) is 78.3 Å². The van der Waals surface area contributed by atoms with Crippen molar-refractivity contribution in [3.63, 3.8) is 0 Å². The molecule has 2 heterocycles. The normalized spacial score (nSPS) is 13.7. The van der Waals surface area contributed by atoms with Crippen LogP contribution in [0.4, 0.5) is 10.5 Å². The van der Waals surface area contributed by atoms with Crippen molar-refractivity contribution < 1.29 is 18.7 Å². The fourth-order valence-electron chi connectivity index (χ4n) is 5.15. The zero-order chi connectivity index (χ0) is 28.4. The van der Waals surface area contributed by atoms with Gasteiger partial charge in [0.15, 0.2) is 0 Å². The Hall–Kier alpha value is -4.14. The van der Waals surface area contributed by atoms with Gasteiger partial charge in [-0.2, -0.15) is 0 Å². The van der Waals surface area contributed by atoms with Crippen LogP contribution in [0.25, 0.3) is 10.8 Å². The molecule has 214 valence electrons. The van der Waals surface area contributed by atoms with E-state index < -0.39 is 0 Å². The molecule has 0 bridgehead atoms. The highest BCUT2D eigenvalue weighted by Crippen LogP contribution is 2.23. The molecular weight excluding hydrogens is 516 g/mol. The van der Waals surface area contributed by atoms with Gasteiger partial charge >= 0.3 is 6.03 Å². The second-order valence-corrected chi connectivity index (χ2v) is 10.4. The summed E-state index contributed by atoms with van der Waals surface area (Å²) < 4.78 is 11.3. The average Bonchev–Trinajstić information content (AvgIpc) is 3.41. The summed E-state index contributed by atoms with van der Waals surface area (Å²) >= 11 is 0. The molecule has 3 amide bonds. The molecule has 0 unspecified atom stereocenters. The van der Waals surface area contributed by atoms with Gasteiger partial charge in [-0.3, -0.25) is 9.69 Å². The molecule has 4 aromatic rings. The highest BCUT2D eigenvalue weighted by molar-refractivity contribution is 6.02. The zero-order valence-electron chi connectivity index (χ0n) is 23.6. The molecule has 0 spiro atoms. The van der Waals surface area contributed by atoms with Crippen LogP contribution in [0.5, 0.6) is 0 Å². The van der Waals surface area contributed by atoms with Gasteiger partial charge < -0.3 is 24.3 Å². The number of amides is 3. The Morgan fingerprint density at radius 1 is 0.854 bits per heavy atom. The fraction of sp³-hybridized carbons (Fsp3) is 0.333. The van der Waals surface area contributed by atoms with Crippen molar-refractivity contribution in [2.45, 2.75) is 26.4 Å². The molecule has 1 aliphatic rings. The molecule has 1 aromatic heterocycles. The number of rotatable bonds is 11. The van der Waals surface area contributed by atoms with E-state index in [0.29, 0.717) is 25.4 Å². The van der Waals surface area contributed by atoms with E-state index in [1.54, 1.807) is 9.80 Å². The third-order valence-electron chi connectivity index (χ3n) is 7.36. The maximum absolute atomic E-state index is 13.8. The minimum Gasteiger partial charge on any atom is -0.464 e. The smallest absolute Gasteiger partial charge is 0.322 e. The first-order valence-electron chi connectivity index (χ1n) is 14.3. The number of hydrogen-bond donors (Lipinski definition) is 1. The van der Waals surface area contributed by atoms with Gasteiger partial charge in [-0.1, -0.05) is 66.7 Å². The van der Waals surface area contributed by atoms with Crippen molar-refractivity contribution in [3.05, 3.63) is 102 Å². The SMILES string of the molecule is Cc1ccc(CN(Cc2ccccc2)C(=O)CN(CCCN2CCOCC2)C(=O)Nc2cccc3ccccc23)o1. The number of ether oxygens (including phenoxy) is 1. The Morgan fingerprint density at radius 3 is 2.39 bits per heavy atom. The summed E-state index contributed by atoms with van der Waals surface area (Å²) in [5.41, 5.74) is 1.74. The maximum atomic E-state index is 13.8. The van der Waals surface area contributed by atoms with Gasteiger partial charge in [0.05, 0.1) is 25.4 Å². The van der Waals surface area contributed by atoms with E-state index in [9.17, 15) is 9.59 Å². The number of furan rings is 1. The highest BCUT2D eigenvalue weighted by Gasteiger charge is 2.23. The fourth-order valence-corrected chi connectivity index (χ4v) is 5.15. The number of nitrogens with zero attached hydrogens (tertiary/aromatic N) is 3.